The smallest absolute Gasteiger partial charge is 0.340 e. The topological polar surface area (TPSA) is 89.5 Å². The van der Waals surface area contributed by atoms with Crippen molar-refractivity contribution in [1.82, 2.24) is 0 Å². The largest absolute Gasteiger partial charge is 0.465 e. The average molecular weight is 347 g/mol. The van der Waals surface area contributed by atoms with Gasteiger partial charge in [-0.15, -0.1) is 0 Å². The molecule has 0 fully saturated rings. The Hall–Kier alpha value is -2.67. The van der Waals surface area contributed by atoms with E-state index in [0.717, 1.165) is 0 Å². The number of carbonyl (C=O) groups excluding carboxylic acids is 2. The quantitative estimate of drug-likeness (QED) is 0.663. The van der Waals surface area contributed by atoms with E-state index < -0.39 is 16.0 Å². The first-order valence-corrected chi connectivity index (χ1v) is 8.56. The highest BCUT2D eigenvalue weighted by molar-refractivity contribution is 7.92. The molecular weight excluding hydrogens is 330 g/mol. The van der Waals surface area contributed by atoms with E-state index in [1.165, 1.54) is 44.4 Å². The van der Waals surface area contributed by atoms with Crippen LogP contribution in [0, 0.1) is 6.92 Å². The fourth-order valence-corrected chi connectivity index (χ4v) is 3.33. The molecule has 0 aliphatic rings. The molecule has 0 heterocycles. The summed E-state index contributed by atoms with van der Waals surface area (Å²) in [6.45, 7) is 3.04. The first-order chi connectivity index (χ1) is 11.3. The van der Waals surface area contributed by atoms with Crippen LogP contribution in [0.2, 0.25) is 0 Å². The van der Waals surface area contributed by atoms with Gasteiger partial charge in [0.05, 0.1) is 23.3 Å². The zero-order valence-electron chi connectivity index (χ0n) is 13.5. The minimum atomic E-state index is -3.96. The SMILES string of the molecule is COC(=O)c1c(C)cccc1NS(=O)(=O)c1cccc(C(C)=O)c1. The predicted molar refractivity (Wildman–Crippen MR) is 89.8 cm³/mol. The summed E-state index contributed by atoms with van der Waals surface area (Å²) in [4.78, 5) is 23.3. The van der Waals surface area contributed by atoms with E-state index in [9.17, 15) is 18.0 Å². The Morgan fingerprint density at radius 3 is 2.38 bits per heavy atom. The van der Waals surface area contributed by atoms with Gasteiger partial charge in [-0.25, -0.2) is 13.2 Å². The second kappa shape index (κ2) is 6.84. The van der Waals surface area contributed by atoms with Gasteiger partial charge >= 0.3 is 5.97 Å². The van der Waals surface area contributed by atoms with Gasteiger partial charge in [-0.3, -0.25) is 9.52 Å². The summed E-state index contributed by atoms with van der Waals surface area (Å²) >= 11 is 0. The van der Waals surface area contributed by atoms with Crippen LogP contribution in [-0.2, 0) is 14.8 Å². The second-order valence-electron chi connectivity index (χ2n) is 5.18. The number of methoxy groups -OCH3 is 1. The minimum Gasteiger partial charge on any atom is -0.465 e. The number of esters is 1. The van der Waals surface area contributed by atoms with Gasteiger partial charge in [-0.05, 0) is 37.6 Å². The zero-order valence-corrected chi connectivity index (χ0v) is 14.3. The molecule has 0 saturated heterocycles. The Bertz CT molecular complexity index is 903. The summed E-state index contributed by atoms with van der Waals surface area (Å²) in [7, 11) is -2.73. The maximum atomic E-state index is 12.6. The number of rotatable bonds is 5. The van der Waals surface area contributed by atoms with Gasteiger partial charge in [0, 0.05) is 5.56 Å². The van der Waals surface area contributed by atoms with Crippen molar-refractivity contribution in [2.75, 3.05) is 11.8 Å². The number of anilines is 1. The van der Waals surface area contributed by atoms with E-state index in [0.29, 0.717) is 5.56 Å². The first kappa shape index (κ1) is 17.7. The van der Waals surface area contributed by atoms with Crippen LogP contribution >= 0.6 is 0 Å². The molecule has 2 rings (SSSR count). The van der Waals surface area contributed by atoms with Gasteiger partial charge in [0.1, 0.15) is 0 Å². The summed E-state index contributed by atoms with van der Waals surface area (Å²) in [6.07, 6.45) is 0. The highest BCUT2D eigenvalue weighted by Crippen LogP contribution is 2.24. The molecule has 0 saturated carbocycles. The van der Waals surface area contributed by atoms with Crippen LogP contribution in [0.25, 0.3) is 0 Å². The number of carbonyl (C=O) groups is 2. The lowest BCUT2D eigenvalue weighted by molar-refractivity contribution is 0.0601. The van der Waals surface area contributed by atoms with Crippen LogP contribution in [0.15, 0.2) is 47.4 Å². The average Bonchev–Trinajstić information content (AvgIpc) is 2.54. The Labute approximate surface area is 140 Å². The maximum Gasteiger partial charge on any atom is 0.340 e. The summed E-state index contributed by atoms with van der Waals surface area (Å²) in [5, 5.41) is 0. The van der Waals surface area contributed by atoms with Gasteiger partial charge in [0.25, 0.3) is 10.0 Å². The van der Waals surface area contributed by atoms with Crippen LogP contribution in [0.5, 0.6) is 0 Å². The van der Waals surface area contributed by atoms with E-state index in [2.05, 4.69) is 4.72 Å². The highest BCUT2D eigenvalue weighted by Gasteiger charge is 2.21. The lowest BCUT2D eigenvalue weighted by Gasteiger charge is -2.13. The number of hydrogen-bond donors (Lipinski definition) is 1. The number of Topliss-reactive ketones (excluding diaryl/α,β-unsaturated/α-hetero) is 1. The second-order valence-corrected chi connectivity index (χ2v) is 6.86. The van der Waals surface area contributed by atoms with Crippen LogP contribution in [0.1, 0.15) is 33.2 Å². The molecule has 0 bridgehead atoms. The third-order valence-corrected chi connectivity index (χ3v) is 4.82. The molecule has 0 aliphatic carbocycles. The van der Waals surface area contributed by atoms with E-state index in [1.54, 1.807) is 19.1 Å². The summed E-state index contributed by atoms with van der Waals surface area (Å²) in [5.41, 5.74) is 1.14. The predicted octanol–water partition coefficient (Wildman–Crippen LogP) is 2.79. The molecule has 0 amide bonds. The summed E-state index contributed by atoms with van der Waals surface area (Å²) in [6, 6.07) is 10.5. The Morgan fingerprint density at radius 2 is 1.75 bits per heavy atom. The molecule has 24 heavy (non-hydrogen) atoms. The highest BCUT2D eigenvalue weighted by atomic mass is 32.2. The fourth-order valence-electron chi connectivity index (χ4n) is 2.21. The normalized spacial score (nSPS) is 11.0. The first-order valence-electron chi connectivity index (χ1n) is 7.08. The van der Waals surface area contributed by atoms with E-state index in [1.807, 2.05) is 0 Å². The molecule has 0 aliphatic heterocycles. The molecule has 6 nitrogen and oxygen atoms in total. The van der Waals surface area contributed by atoms with E-state index in [4.69, 9.17) is 4.74 Å². The van der Waals surface area contributed by atoms with Crippen LogP contribution in [0.3, 0.4) is 0 Å². The Balaban J connectivity index is 2.48. The number of hydrogen-bond acceptors (Lipinski definition) is 5. The third-order valence-electron chi connectivity index (χ3n) is 3.46. The van der Waals surface area contributed by atoms with Crippen molar-refractivity contribution in [2.24, 2.45) is 0 Å². The number of ether oxygens (including phenoxy) is 1. The third kappa shape index (κ3) is 3.62. The van der Waals surface area contributed by atoms with E-state index >= 15 is 0 Å². The molecular formula is C17H17NO5S. The van der Waals surface area contributed by atoms with Crippen molar-refractivity contribution in [3.8, 4) is 0 Å². The van der Waals surface area contributed by atoms with Crippen LogP contribution in [-0.4, -0.2) is 27.3 Å². The van der Waals surface area contributed by atoms with E-state index in [-0.39, 0.29) is 27.5 Å². The molecule has 2 aromatic rings. The van der Waals surface area contributed by atoms with Gasteiger partial charge in [-0.2, -0.15) is 0 Å². The van der Waals surface area contributed by atoms with Crippen molar-refractivity contribution >= 4 is 27.5 Å². The van der Waals surface area contributed by atoms with Gasteiger partial charge in [0.15, 0.2) is 5.78 Å². The van der Waals surface area contributed by atoms with Crippen molar-refractivity contribution < 1.29 is 22.7 Å². The number of aryl methyl sites for hydroxylation is 1. The molecule has 1 N–H and O–H groups in total. The number of benzene rings is 2. The van der Waals surface area contributed by atoms with Gasteiger partial charge in [-0.1, -0.05) is 24.3 Å². The molecule has 0 atom stereocenters. The van der Waals surface area contributed by atoms with Gasteiger partial charge < -0.3 is 4.74 Å². The molecule has 0 unspecified atom stereocenters. The van der Waals surface area contributed by atoms with Crippen molar-refractivity contribution in [2.45, 2.75) is 18.7 Å². The molecule has 0 spiro atoms. The molecule has 0 aromatic heterocycles. The molecule has 2 aromatic carbocycles. The lowest BCUT2D eigenvalue weighted by atomic mass is 10.1. The lowest BCUT2D eigenvalue weighted by Crippen LogP contribution is -2.17. The fraction of sp³-hybridized carbons (Fsp3) is 0.176. The monoisotopic (exact) mass is 347 g/mol. The van der Waals surface area contributed by atoms with Gasteiger partial charge in [0.2, 0.25) is 0 Å². The number of sulfonamides is 1. The molecule has 0 radical (unpaired) electrons. The minimum absolute atomic E-state index is 0.0625. The van der Waals surface area contributed by atoms with Crippen LogP contribution < -0.4 is 4.72 Å². The zero-order chi connectivity index (χ0) is 17.9. The number of ketones is 1. The Kier molecular flexibility index (Phi) is 5.04. The summed E-state index contributed by atoms with van der Waals surface area (Å²) in [5.74, 6) is -0.874. The molecule has 126 valence electrons. The van der Waals surface area contributed by atoms with Crippen LogP contribution in [0.4, 0.5) is 5.69 Å². The van der Waals surface area contributed by atoms with Crippen molar-refractivity contribution in [1.29, 1.82) is 0 Å². The number of nitrogens with one attached hydrogen (secondary N) is 1. The standard InChI is InChI=1S/C17H17NO5S/c1-11-6-4-9-15(16(11)17(20)23-3)18-24(21,22)14-8-5-7-13(10-14)12(2)19/h4-10,18H,1-3H3. The van der Waals surface area contributed by atoms with Crippen molar-refractivity contribution in [3.05, 3.63) is 59.2 Å². The Morgan fingerprint density at radius 1 is 1.08 bits per heavy atom. The summed E-state index contributed by atoms with van der Waals surface area (Å²) < 4.78 is 32.2. The molecule has 7 heteroatoms. The maximum absolute atomic E-state index is 12.6. The van der Waals surface area contributed by atoms with Crippen molar-refractivity contribution in [3.63, 3.8) is 0 Å².